The van der Waals surface area contributed by atoms with E-state index in [1.165, 1.54) is 0 Å². The second kappa shape index (κ2) is 7.35. The largest absolute Gasteiger partial charge is 0.370 e. The molecule has 0 aromatic carbocycles. The summed E-state index contributed by atoms with van der Waals surface area (Å²) in [5.74, 6) is 0.622. The van der Waals surface area contributed by atoms with Crippen LogP contribution < -0.4 is 11.1 Å². The molecule has 4 heteroatoms. The van der Waals surface area contributed by atoms with Crippen molar-refractivity contribution >= 4 is 11.8 Å². The van der Waals surface area contributed by atoms with E-state index in [9.17, 15) is 9.59 Å². The predicted octanol–water partition coefficient (Wildman–Crippen LogP) is 0.804. The standard InChI is InChI=1S/C6H11NO.C4H9NO/c1-2-5-3-6(8)7-4-5;1-2-3-4(5)6/h5H,2-4H2,1H3,(H,7,8);2-3H2,1H3,(H2,5,6). The van der Waals surface area contributed by atoms with E-state index < -0.39 is 0 Å². The smallest absolute Gasteiger partial charge is 0.220 e. The third-order valence-electron chi connectivity index (χ3n) is 2.14. The van der Waals surface area contributed by atoms with Gasteiger partial charge in [0, 0.05) is 19.4 Å². The van der Waals surface area contributed by atoms with Crippen molar-refractivity contribution in [2.24, 2.45) is 11.7 Å². The molecule has 0 saturated carbocycles. The zero-order valence-electron chi connectivity index (χ0n) is 9.01. The van der Waals surface area contributed by atoms with E-state index in [1.807, 2.05) is 6.92 Å². The molecule has 3 N–H and O–H groups in total. The molecule has 1 rings (SSSR count). The van der Waals surface area contributed by atoms with Crippen LogP contribution in [0.3, 0.4) is 0 Å². The van der Waals surface area contributed by atoms with E-state index in [0.29, 0.717) is 12.3 Å². The lowest BCUT2D eigenvalue weighted by Crippen LogP contribution is -2.13. The van der Waals surface area contributed by atoms with Crippen molar-refractivity contribution in [2.45, 2.75) is 39.5 Å². The lowest BCUT2D eigenvalue weighted by atomic mass is 10.1. The van der Waals surface area contributed by atoms with E-state index in [0.717, 1.165) is 25.8 Å². The number of hydrogen-bond acceptors (Lipinski definition) is 2. The quantitative estimate of drug-likeness (QED) is 0.707. The number of nitrogens with two attached hydrogens (primary N) is 1. The molecule has 0 aromatic heterocycles. The van der Waals surface area contributed by atoms with Crippen LogP contribution in [0.25, 0.3) is 0 Å². The Morgan fingerprint density at radius 2 is 2.21 bits per heavy atom. The molecule has 4 nitrogen and oxygen atoms in total. The van der Waals surface area contributed by atoms with Crippen molar-refractivity contribution in [2.75, 3.05) is 6.54 Å². The maximum Gasteiger partial charge on any atom is 0.220 e. The highest BCUT2D eigenvalue weighted by atomic mass is 16.2. The van der Waals surface area contributed by atoms with Gasteiger partial charge in [0.2, 0.25) is 11.8 Å². The van der Waals surface area contributed by atoms with Crippen molar-refractivity contribution in [3.8, 4) is 0 Å². The van der Waals surface area contributed by atoms with Gasteiger partial charge in [-0.05, 0) is 12.3 Å². The second-order valence-electron chi connectivity index (χ2n) is 3.50. The van der Waals surface area contributed by atoms with Gasteiger partial charge >= 0.3 is 0 Å². The van der Waals surface area contributed by atoms with Gasteiger partial charge in [0.15, 0.2) is 0 Å². The number of amides is 2. The minimum absolute atomic E-state index is 0.211. The lowest BCUT2D eigenvalue weighted by Gasteiger charge is -1.97. The van der Waals surface area contributed by atoms with Gasteiger partial charge in [-0.15, -0.1) is 0 Å². The van der Waals surface area contributed by atoms with E-state index in [1.54, 1.807) is 0 Å². The van der Waals surface area contributed by atoms with Crippen molar-refractivity contribution < 1.29 is 9.59 Å². The molecule has 0 aromatic rings. The third kappa shape index (κ3) is 6.46. The Labute approximate surface area is 85.2 Å². The van der Waals surface area contributed by atoms with Gasteiger partial charge in [-0.25, -0.2) is 0 Å². The molecule has 1 unspecified atom stereocenters. The first-order chi connectivity index (χ1) is 6.60. The Hall–Kier alpha value is -1.06. The van der Waals surface area contributed by atoms with Gasteiger partial charge in [-0.1, -0.05) is 20.3 Å². The Bertz CT molecular complexity index is 193. The molecule has 1 fully saturated rings. The Morgan fingerprint density at radius 3 is 2.36 bits per heavy atom. The number of carbonyl (C=O) groups excluding carboxylic acids is 2. The summed E-state index contributed by atoms with van der Waals surface area (Å²) in [7, 11) is 0. The van der Waals surface area contributed by atoms with Crippen LogP contribution >= 0.6 is 0 Å². The minimum atomic E-state index is -0.211. The molecule has 0 bridgehead atoms. The van der Waals surface area contributed by atoms with Gasteiger partial charge in [-0.3, -0.25) is 9.59 Å². The van der Waals surface area contributed by atoms with Gasteiger partial charge in [0.25, 0.3) is 0 Å². The number of hydrogen-bond donors (Lipinski definition) is 2. The van der Waals surface area contributed by atoms with Crippen LogP contribution in [-0.4, -0.2) is 18.4 Å². The van der Waals surface area contributed by atoms with Crippen LogP contribution in [0.4, 0.5) is 0 Å². The highest BCUT2D eigenvalue weighted by Crippen LogP contribution is 2.11. The maximum atomic E-state index is 10.5. The molecule has 1 heterocycles. The molecule has 0 aliphatic carbocycles. The summed E-state index contributed by atoms with van der Waals surface area (Å²) < 4.78 is 0. The molecule has 2 amide bonds. The average molecular weight is 200 g/mol. The summed E-state index contributed by atoms with van der Waals surface area (Å²) in [6.07, 6.45) is 3.24. The molecule has 0 radical (unpaired) electrons. The van der Waals surface area contributed by atoms with Crippen LogP contribution in [-0.2, 0) is 9.59 Å². The highest BCUT2D eigenvalue weighted by molar-refractivity contribution is 5.78. The summed E-state index contributed by atoms with van der Waals surface area (Å²) >= 11 is 0. The maximum absolute atomic E-state index is 10.5. The Kier molecular flexibility index (Phi) is 6.80. The van der Waals surface area contributed by atoms with Gasteiger partial charge in [0.1, 0.15) is 0 Å². The van der Waals surface area contributed by atoms with Crippen LogP contribution in [0.15, 0.2) is 0 Å². The van der Waals surface area contributed by atoms with E-state index in [2.05, 4.69) is 12.2 Å². The lowest BCUT2D eigenvalue weighted by molar-refractivity contribution is -0.119. The van der Waals surface area contributed by atoms with Crippen LogP contribution in [0.5, 0.6) is 0 Å². The van der Waals surface area contributed by atoms with E-state index >= 15 is 0 Å². The molecule has 14 heavy (non-hydrogen) atoms. The predicted molar refractivity (Wildman–Crippen MR) is 55.5 cm³/mol. The van der Waals surface area contributed by atoms with Crippen molar-refractivity contribution in [3.05, 3.63) is 0 Å². The normalized spacial score (nSPS) is 19.6. The van der Waals surface area contributed by atoms with E-state index in [4.69, 9.17) is 5.73 Å². The van der Waals surface area contributed by atoms with Crippen molar-refractivity contribution in [3.63, 3.8) is 0 Å². The van der Waals surface area contributed by atoms with Crippen molar-refractivity contribution in [1.82, 2.24) is 5.32 Å². The Balaban J connectivity index is 0.000000255. The molecule has 1 aliphatic rings. The summed E-state index contributed by atoms with van der Waals surface area (Å²) in [5, 5.41) is 2.78. The number of rotatable bonds is 3. The molecule has 82 valence electrons. The highest BCUT2D eigenvalue weighted by Gasteiger charge is 2.18. The minimum Gasteiger partial charge on any atom is -0.370 e. The molecular formula is C10H20N2O2. The topological polar surface area (TPSA) is 72.2 Å². The first-order valence-corrected chi connectivity index (χ1v) is 5.15. The SMILES string of the molecule is CCC1CNC(=O)C1.CCCC(N)=O. The van der Waals surface area contributed by atoms with Crippen LogP contribution in [0, 0.1) is 5.92 Å². The summed E-state index contributed by atoms with van der Waals surface area (Å²) in [5.41, 5.74) is 4.76. The number of primary amides is 1. The molecule has 1 saturated heterocycles. The number of nitrogens with one attached hydrogen (secondary N) is 1. The fraction of sp³-hybridized carbons (Fsp3) is 0.800. The third-order valence-corrected chi connectivity index (χ3v) is 2.14. The zero-order valence-corrected chi connectivity index (χ0v) is 9.01. The fourth-order valence-corrected chi connectivity index (χ4v) is 1.20. The monoisotopic (exact) mass is 200 g/mol. The van der Waals surface area contributed by atoms with Gasteiger partial charge < -0.3 is 11.1 Å². The molecule has 1 atom stereocenters. The first-order valence-electron chi connectivity index (χ1n) is 5.15. The molecule has 1 aliphatic heterocycles. The summed E-state index contributed by atoms with van der Waals surface area (Å²) in [4.78, 5) is 20.3. The fourth-order valence-electron chi connectivity index (χ4n) is 1.20. The second-order valence-corrected chi connectivity index (χ2v) is 3.50. The molecule has 0 spiro atoms. The van der Waals surface area contributed by atoms with Gasteiger partial charge in [0.05, 0.1) is 0 Å². The summed E-state index contributed by atoms with van der Waals surface area (Å²) in [6, 6.07) is 0. The van der Waals surface area contributed by atoms with Gasteiger partial charge in [-0.2, -0.15) is 0 Å². The van der Waals surface area contributed by atoms with Crippen molar-refractivity contribution in [1.29, 1.82) is 0 Å². The zero-order chi connectivity index (χ0) is 11.0. The molecular weight excluding hydrogens is 180 g/mol. The Morgan fingerprint density at radius 1 is 1.57 bits per heavy atom. The first kappa shape index (κ1) is 12.9. The van der Waals surface area contributed by atoms with E-state index in [-0.39, 0.29) is 11.8 Å². The number of carbonyl (C=O) groups is 2. The summed E-state index contributed by atoms with van der Waals surface area (Å²) in [6.45, 7) is 4.94. The van der Waals surface area contributed by atoms with Crippen LogP contribution in [0.1, 0.15) is 39.5 Å². The average Bonchev–Trinajstić information content (AvgIpc) is 2.52. The van der Waals surface area contributed by atoms with Crippen LogP contribution in [0.2, 0.25) is 0 Å².